The molecule has 3 aromatic carbocycles. The van der Waals surface area contributed by atoms with E-state index < -0.39 is 0 Å². The molecule has 0 fully saturated rings. The van der Waals surface area contributed by atoms with E-state index in [9.17, 15) is 4.39 Å². The lowest BCUT2D eigenvalue weighted by Gasteiger charge is -2.12. The molecule has 0 unspecified atom stereocenters. The minimum Gasteiger partial charge on any atom is -0.490 e. The largest absolute Gasteiger partial charge is 0.490 e. The molecule has 138 valence electrons. The minimum absolute atomic E-state index is 0.281. The molecule has 27 heavy (non-hydrogen) atoms. The molecule has 0 atom stereocenters. The second-order valence-electron chi connectivity index (χ2n) is 5.79. The maximum Gasteiger partial charge on any atom is 0.161 e. The third-order valence-corrected chi connectivity index (χ3v) is 3.76. The monoisotopic (exact) mass is 364 g/mol. The molecule has 0 amide bonds. The third-order valence-electron chi connectivity index (χ3n) is 3.76. The molecule has 0 saturated heterocycles. The molecule has 5 heteroatoms. The van der Waals surface area contributed by atoms with Gasteiger partial charge < -0.3 is 9.47 Å². The first-order chi connectivity index (χ1) is 13.2. The molecule has 0 spiro atoms. The first-order valence-electron chi connectivity index (χ1n) is 8.73. The van der Waals surface area contributed by atoms with E-state index in [0.717, 1.165) is 11.1 Å². The van der Waals surface area contributed by atoms with Gasteiger partial charge in [0, 0.05) is 0 Å². The normalized spacial score (nSPS) is 10.7. The van der Waals surface area contributed by atoms with Gasteiger partial charge in [0.15, 0.2) is 11.5 Å². The maximum absolute atomic E-state index is 12.9. The minimum atomic E-state index is -0.281. The molecule has 0 saturated carbocycles. The van der Waals surface area contributed by atoms with Gasteiger partial charge >= 0.3 is 0 Å². The number of ether oxygens (including phenoxy) is 2. The van der Waals surface area contributed by atoms with Gasteiger partial charge in [0.05, 0.1) is 18.5 Å². The zero-order valence-electron chi connectivity index (χ0n) is 15.1. The lowest BCUT2D eigenvalue weighted by molar-refractivity contribution is 0.269. The van der Waals surface area contributed by atoms with Crippen LogP contribution in [0.2, 0.25) is 0 Å². The van der Waals surface area contributed by atoms with Gasteiger partial charge in [-0.2, -0.15) is 5.10 Å². The van der Waals surface area contributed by atoms with Crippen molar-refractivity contribution in [1.82, 2.24) is 0 Å². The van der Waals surface area contributed by atoms with E-state index >= 15 is 0 Å². The van der Waals surface area contributed by atoms with Gasteiger partial charge in [0.2, 0.25) is 0 Å². The summed E-state index contributed by atoms with van der Waals surface area (Å²) < 4.78 is 24.5. The predicted molar refractivity (Wildman–Crippen MR) is 106 cm³/mol. The van der Waals surface area contributed by atoms with E-state index in [4.69, 9.17) is 9.47 Å². The van der Waals surface area contributed by atoms with Crippen LogP contribution in [0.4, 0.5) is 10.1 Å². The fourth-order valence-corrected chi connectivity index (χ4v) is 2.43. The summed E-state index contributed by atoms with van der Waals surface area (Å²) in [6.07, 6.45) is 1.67. The summed E-state index contributed by atoms with van der Waals surface area (Å²) in [5.74, 6) is 1.07. The number of hydrogen-bond donors (Lipinski definition) is 1. The molecule has 3 rings (SSSR count). The second kappa shape index (κ2) is 9.38. The van der Waals surface area contributed by atoms with Crippen molar-refractivity contribution in [3.63, 3.8) is 0 Å². The van der Waals surface area contributed by atoms with Crippen LogP contribution in [-0.2, 0) is 6.61 Å². The average Bonchev–Trinajstić information content (AvgIpc) is 2.70. The maximum atomic E-state index is 12.9. The molecule has 1 N–H and O–H groups in total. The molecule has 0 bridgehead atoms. The predicted octanol–water partition coefficient (Wildman–Crippen LogP) is 5.25. The fraction of sp³-hybridized carbons (Fsp3) is 0.136. The average molecular weight is 364 g/mol. The van der Waals surface area contributed by atoms with E-state index in [2.05, 4.69) is 10.5 Å². The number of anilines is 1. The van der Waals surface area contributed by atoms with Crippen molar-refractivity contribution in [2.45, 2.75) is 13.5 Å². The highest BCUT2D eigenvalue weighted by atomic mass is 19.1. The van der Waals surface area contributed by atoms with E-state index in [1.54, 1.807) is 18.3 Å². The van der Waals surface area contributed by atoms with Gasteiger partial charge in [-0.1, -0.05) is 30.3 Å². The number of halogens is 1. The second-order valence-corrected chi connectivity index (χ2v) is 5.79. The van der Waals surface area contributed by atoms with Crippen LogP contribution in [0.1, 0.15) is 18.1 Å². The van der Waals surface area contributed by atoms with Gasteiger partial charge in [-0.15, -0.1) is 0 Å². The van der Waals surface area contributed by atoms with Crippen LogP contribution in [0.15, 0.2) is 77.9 Å². The Morgan fingerprint density at radius 2 is 1.70 bits per heavy atom. The standard InChI is InChI=1S/C22H21FN2O2/c1-2-26-22-14-18(15-24-25-20-11-9-19(23)10-12-20)8-13-21(22)27-16-17-6-4-3-5-7-17/h3-15,25H,2,16H2,1H3/b24-15+. The first kappa shape index (κ1) is 18.5. The van der Waals surface area contributed by atoms with Crippen molar-refractivity contribution >= 4 is 11.9 Å². The van der Waals surface area contributed by atoms with Crippen molar-refractivity contribution in [3.8, 4) is 11.5 Å². The van der Waals surface area contributed by atoms with E-state index in [-0.39, 0.29) is 5.82 Å². The summed E-state index contributed by atoms with van der Waals surface area (Å²) in [7, 11) is 0. The Morgan fingerprint density at radius 3 is 2.44 bits per heavy atom. The van der Waals surface area contributed by atoms with Crippen LogP contribution >= 0.6 is 0 Å². The lowest BCUT2D eigenvalue weighted by Crippen LogP contribution is -2.00. The lowest BCUT2D eigenvalue weighted by atomic mass is 10.2. The zero-order chi connectivity index (χ0) is 18.9. The molecule has 0 aromatic heterocycles. The summed E-state index contributed by atoms with van der Waals surface area (Å²) >= 11 is 0. The third kappa shape index (κ3) is 5.57. The number of nitrogens with zero attached hydrogens (tertiary/aromatic N) is 1. The molecular formula is C22H21FN2O2. The molecule has 0 heterocycles. The zero-order valence-corrected chi connectivity index (χ0v) is 15.1. The van der Waals surface area contributed by atoms with Crippen LogP contribution in [0.5, 0.6) is 11.5 Å². The van der Waals surface area contributed by atoms with Gasteiger partial charge in [0.25, 0.3) is 0 Å². The quantitative estimate of drug-likeness (QED) is 0.438. The Bertz CT molecular complexity index is 881. The number of hydrogen-bond acceptors (Lipinski definition) is 4. The Labute approximate surface area is 158 Å². The van der Waals surface area contributed by atoms with Crippen LogP contribution < -0.4 is 14.9 Å². The van der Waals surface area contributed by atoms with Gasteiger partial charge in [-0.3, -0.25) is 5.43 Å². The summed E-state index contributed by atoms with van der Waals surface area (Å²) in [4.78, 5) is 0. The van der Waals surface area contributed by atoms with Crippen LogP contribution in [0.25, 0.3) is 0 Å². The Hall–Kier alpha value is -3.34. The van der Waals surface area contributed by atoms with Crippen molar-refractivity contribution in [1.29, 1.82) is 0 Å². The highest BCUT2D eigenvalue weighted by molar-refractivity contribution is 5.81. The molecular weight excluding hydrogens is 343 g/mol. The summed E-state index contributed by atoms with van der Waals surface area (Å²) in [5, 5.41) is 4.17. The van der Waals surface area contributed by atoms with Crippen molar-refractivity contribution in [2.75, 3.05) is 12.0 Å². The highest BCUT2D eigenvalue weighted by Gasteiger charge is 2.06. The Kier molecular flexibility index (Phi) is 6.41. The molecule has 0 radical (unpaired) electrons. The van der Waals surface area contributed by atoms with Crippen molar-refractivity contribution in [3.05, 3.63) is 89.7 Å². The van der Waals surface area contributed by atoms with Gasteiger partial charge in [-0.25, -0.2) is 4.39 Å². The Morgan fingerprint density at radius 1 is 0.926 bits per heavy atom. The number of rotatable bonds is 8. The van der Waals surface area contributed by atoms with Crippen LogP contribution in [-0.4, -0.2) is 12.8 Å². The summed E-state index contributed by atoms with van der Waals surface area (Å²) in [6.45, 7) is 2.94. The van der Waals surface area contributed by atoms with E-state index in [1.165, 1.54) is 12.1 Å². The van der Waals surface area contributed by atoms with E-state index in [1.807, 2.05) is 55.5 Å². The fourth-order valence-electron chi connectivity index (χ4n) is 2.43. The number of nitrogens with one attached hydrogen (secondary N) is 1. The van der Waals surface area contributed by atoms with Gasteiger partial charge in [0.1, 0.15) is 12.4 Å². The highest BCUT2D eigenvalue weighted by Crippen LogP contribution is 2.29. The van der Waals surface area contributed by atoms with Crippen molar-refractivity contribution in [2.24, 2.45) is 5.10 Å². The molecule has 0 aliphatic carbocycles. The van der Waals surface area contributed by atoms with Gasteiger partial charge in [-0.05, 0) is 60.5 Å². The number of benzene rings is 3. The van der Waals surface area contributed by atoms with E-state index in [0.29, 0.717) is 30.4 Å². The molecule has 0 aliphatic rings. The molecule has 0 aliphatic heterocycles. The summed E-state index contributed by atoms with van der Waals surface area (Å²) in [6, 6.07) is 21.6. The smallest absolute Gasteiger partial charge is 0.161 e. The van der Waals surface area contributed by atoms with Crippen molar-refractivity contribution < 1.29 is 13.9 Å². The Balaban J connectivity index is 1.66. The van der Waals surface area contributed by atoms with Crippen LogP contribution in [0, 0.1) is 5.82 Å². The molecule has 3 aromatic rings. The van der Waals surface area contributed by atoms with Crippen LogP contribution in [0.3, 0.4) is 0 Å². The number of hydrazone groups is 1. The topological polar surface area (TPSA) is 42.8 Å². The summed E-state index contributed by atoms with van der Waals surface area (Å²) in [5.41, 5.74) is 5.53. The molecule has 4 nitrogen and oxygen atoms in total. The SMILES string of the molecule is CCOc1cc(/C=N/Nc2ccc(F)cc2)ccc1OCc1ccccc1. The first-order valence-corrected chi connectivity index (χ1v) is 8.73.